The molecule has 2 aliphatic heterocycles. The number of carbonyl (C=O) groups is 2. The maximum absolute atomic E-state index is 13.2. The Kier molecular flexibility index (Phi) is 6.33. The zero-order valence-electron chi connectivity index (χ0n) is 18.9. The molecule has 4 rings (SSSR count). The molecule has 0 radical (unpaired) electrons. The van der Waals surface area contributed by atoms with Gasteiger partial charge in [-0.2, -0.15) is 13.2 Å². The summed E-state index contributed by atoms with van der Waals surface area (Å²) in [6, 6.07) is 5.00. The third-order valence-corrected chi connectivity index (χ3v) is 6.28. The van der Waals surface area contributed by atoms with Crippen molar-refractivity contribution in [1.82, 2.24) is 14.5 Å². The van der Waals surface area contributed by atoms with E-state index in [0.717, 1.165) is 12.0 Å². The Hall–Kier alpha value is -3.43. The number of allylic oxidation sites excluding steroid dienone is 1. The highest BCUT2D eigenvalue weighted by atomic mass is 19.4. The van der Waals surface area contributed by atoms with Gasteiger partial charge in [-0.15, -0.1) is 0 Å². The molecule has 10 heteroatoms. The molecule has 0 unspecified atom stereocenters. The van der Waals surface area contributed by atoms with E-state index >= 15 is 0 Å². The number of pyridine rings is 2. The Morgan fingerprint density at radius 1 is 1.21 bits per heavy atom. The van der Waals surface area contributed by atoms with Crippen LogP contribution in [-0.2, 0) is 6.42 Å². The lowest BCUT2D eigenvalue weighted by atomic mass is 9.96. The summed E-state index contributed by atoms with van der Waals surface area (Å²) in [6.45, 7) is 5.82. The second-order valence-electron chi connectivity index (χ2n) is 8.82. The summed E-state index contributed by atoms with van der Waals surface area (Å²) in [6.07, 6.45) is 0.434. The summed E-state index contributed by atoms with van der Waals surface area (Å²) in [4.78, 5) is 32.8. The van der Waals surface area contributed by atoms with E-state index in [1.165, 1.54) is 21.9 Å². The highest BCUT2D eigenvalue weighted by molar-refractivity contribution is 5.95. The van der Waals surface area contributed by atoms with E-state index in [1.807, 2.05) is 4.90 Å². The number of alkyl halides is 3. The third kappa shape index (κ3) is 4.62. The number of nitrogens with one attached hydrogen (secondary N) is 1. The monoisotopic (exact) mass is 473 g/mol. The molecule has 0 aliphatic carbocycles. The Labute approximate surface area is 195 Å². The Bertz CT molecular complexity index is 1200. The van der Waals surface area contributed by atoms with Gasteiger partial charge in [-0.3, -0.25) is 19.6 Å². The first-order chi connectivity index (χ1) is 16.1. The van der Waals surface area contributed by atoms with Crippen LogP contribution in [0, 0.1) is 11.3 Å². The maximum Gasteiger partial charge on any atom is 0.393 e. The normalized spacial score (nSPS) is 18.4. The molecule has 2 aromatic rings. The number of amides is 1. The number of halogens is 3. The Morgan fingerprint density at radius 3 is 2.65 bits per heavy atom. The zero-order valence-corrected chi connectivity index (χ0v) is 18.9. The number of rotatable bonds is 3. The molecule has 0 aromatic carbocycles. The van der Waals surface area contributed by atoms with Crippen LogP contribution in [0.1, 0.15) is 46.9 Å². The number of fused-ring (bicyclic) bond motifs is 1. The molecule has 2 aliphatic rings. The number of piperidine rings is 1. The van der Waals surface area contributed by atoms with Crippen LogP contribution < -0.4 is 10.4 Å². The van der Waals surface area contributed by atoms with Gasteiger partial charge in [0, 0.05) is 49.4 Å². The minimum Gasteiger partial charge on any atom is -0.338 e. The summed E-state index contributed by atoms with van der Waals surface area (Å²) < 4.78 is 40.7. The van der Waals surface area contributed by atoms with Crippen molar-refractivity contribution in [3.63, 3.8) is 0 Å². The van der Waals surface area contributed by atoms with Crippen molar-refractivity contribution < 1.29 is 22.8 Å². The molecule has 1 fully saturated rings. The van der Waals surface area contributed by atoms with Crippen LogP contribution >= 0.6 is 0 Å². The number of hydrogen-bond donors (Lipinski definition) is 1. The minimum atomic E-state index is -4.31. The molecule has 1 atom stereocenters. The van der Waals surface area contributed by atoms with Crippen LogP contribution in [0.5, 0.6) is 0 Å². The van der Waals surface area contributed by atoms with Crippen molar-refractivity contribution in [3.05, 3.63) is 59.4 Å². The molecule has 4 heterocycles. The molecule has 0 saturated carbocycles. The summed E-state index contributed by atoms with van der Waals surface area (Å²) in [5.41, 5.74) is 2.12. The van der Waals surface area contributed by atoms with E-state index < -0.39 is 18.0 Å². The van der Waals surface area contributed by atoms with Gasteiger partial charge in [0.1, 0.15) is 11.3 Å². The van der Waals surface area contributed by atoms with E-state index in [9.17, 15) is 22.8 Å². The Balaban J connectivity index is 1.58. The molecular formula is C24H26F3N5O2. The molecule has 180 valence electrons. The van der Waals surface area contributed by atoms with Crippen molar-refractivity contribution in [2.45, 2.75) is 38.8 Å². The van der Waals surface area contributed by atoms with Crippen molar-refractivity contribution >= 4 is 23.3 Å². The lowest BCUT2D eigenvalue weighted by Crippen LogP contribution is -2.44. The van der Waals surface area contributed by atoms with Crippen LogP contribution in [0.3, 0.4) is 0 Å². The molecule has 0 bridgehead atoms. The van der Waals surface area contributed by atoms with E-state index in [0.29, 0.717) is 43.0 Å². The first-order valence-electron chi connectivity index (χ1n) is 11.2. The number of aryl methyl sites for hydroxylation is 1. The lowest BCUT2D eigenvalue weighted by Gasteiger charge is -2.34. The van der Waals surface area contributed by atoms with Gasteiger partial charge in [-0.25, -0.2) is 4.98 Å². The van der Waals surface area contributed by atoms with Crippen LogP contribution in [0.4, 0.5) is 24.7 Å². The van der Waals surface area contributed by atoms with Gasteiger partial charge in [0.15, 0.2) is 0 Å². The fraction of sp³-hybridized carbons (Fsp3) is 0.417. The zero-order chi connectivity index (χ0) is 24.6. The van der Waals surface area contributed by atoms with Gasteiger partial charge in [0.2, 0.25) is 0 Å². The van der Waals surface area contributed by atoms with Crippen LogP contribution in [0.25, 0.3) is 0 Å². The predicted octanol–water partition coefficient (Wildman–Crippen LogP) is 4.08. The fourth-order valence-corrected chi connectivity index (χ4v) is 4.48. The van der Waals surface area contributed by atoms with Gasteiger partial charge in [0.25, 0.3) is 11.8 Å². The smallest absolute Gasteiger partial charge is 0.338 e. The highest BCUT2D eigenvalue weighted by Gasteiger charge is 2.42. The highest BCUT2D eigenvalue weighted by Crippen LogP contribution is 2.35. The van der Waals surface area contributed by atoms with Gasteiger partial charge in [-0.05, 0) is 50.3 Å². The Morgan fingerprint density at radius 2 is 1.97 bits per heavy atom. The average molecular weight is 473 g/mol. The molecule has 0 spiro atoms. The second kappa shape index (κ2) is 9.08. The fourth-order valence-electron chi connectivity index (χ4n) is 4.48. The summed E-state index contributed by atoms with van der Waals surface area (Å²) >= 11 is 0. The first-order valence-corrected chi connectivity index (χ1v) is 11.2. The van der Waals surface area contributed by atoms with Gasteiger partial charge in [-0.1, -0.05) is 6.58 Å². The number of carbonyl (C=O) groups excluding carboxylic acids is 2. The van der Waals surface area contributed by atoms with E-state index in [4.69, 9.17) is 5.41 Å². The molecule has 1 amide bonds. The average Bonchev–Trinajstić information content (AvgIpc) is 2.81. The van der Waals surface area contributed by atoms with Crippen LogP contribution in [-0.4, -0.2) is 52.1 Å². The van der Waals surface area contributed by atoms with Gasteiger partial charge in [0.05, 0.1) is 11.5 Å². The SMILES string of the molecule is C=C(C)C(=O)n1ccc(N2CCCc3cc(C(=O)N4CCC[C@@H](C(F)(F)F)C4)cnc32)cc1=N. The van der Waals surface area contributed by atoms with Crippen molar-refractivity contribution in [2.75, 3.05) is 24.5 Å². The van der Waals surface area contributed by atoms with Crippen molar-refractivity contribution in [2.24, 2.45) is 5.92 Å². The topological polar surface area (TPSA) is 82.3 Å². The van der Waals surface area contributed by atoms with E-state index in [2.05, 4.69) is 11.6 Å². The molecular weight excluding hydrogens is 447 g/mol. The molecule has 1 N–H and O–H groups in total. The molecule has 1 saturated heterocycles. The second-order valence-corrected chi connectivity index (χ2v) is 8.82. The first kappa shape index (κ1) is 23.7. The van der Waals surface area contributed by atoms with Crippen LogP contribution in [0.15, 0.2) is 42.7 Å². The standard InChI is InChI=1S/C24H26F3N5O2/c1-15(2)22(33)32-10-7-19(12-20(32)28)31-9-3-5-16-11-17(13-29-21(16)31)23(34)30-8-4-6-18(14-30)24(25,26)27/h7,10-13,18,28H,1,3-6,8-9,14H2,2H3/t18-/m1/s1. The van der Waals surface area contributed by atoms with E-state index in [1.54, 1.807) is 25.1 Å². The number of likely N-dealkylation sites (tertiary alicyclic amines) is 1. The molecule has 2 aromatic heterocycles. The summed E-state index contributed by atoms with van der Waals surface area (Å²) in [5.74, 6) is -1.66. The number of nitrogens with zero attached hydrogens (tertiary/aromatic N) is 4. The third-order valence-electron chi connectivity index (χ3n) is 6.28. The van der Waals surface area contributed by atoms with E-state index in [-0.39, 0.29) is 29.9 Å². The van der Waals surface area contributed by atoms with Gasteiger partial charge >= 0.3 is 6.18 Å². The largest absolute Gasteiger partial charge is 0.393 e. The minimum absolute atomic E-state index is 0.00809. The van der Waals surface area contributed by atoms with Gasteiger partial charge < -0.3 is 9.80 Å². The quantitative estimate of drug-likeness (QED) is 0.682. The predicted molar refractivity (Wildman–Crippen MR) is 120 cm³/mol. The summed E-state index contributed by atoms with van der Waals surface area (Å²) in [5, 5.41) is 8.23. The lowest BCUT2D eigenvalue weighted by molar-refractivity contribution is -0.184. The molecule has 34 heavy (non-hydrogen) atoms. The van der Waals surface area contributed by atoms with Crippen molar-refractivity contribution in [1.29, 1.82) is 5.41 Å². The molecule has 7 nitrogen and oxygen atoms in total. The van der Waals surface area contributed by atoms with Crippen LogP contribution in [0.2, 0.25) is 0 Å². The summed E-state index contributed by atoms with van der Waals surface area (Å²) in [7, 11) is 0. The number of hydrogen-bond acceptors (Lipinski definition) is 5. The maximum atomic E-state index is 13.2. The number of anilines is 2. The number of aromatic nitrogens is 2. The van der Waals surface area contributed by atoms with Crippen molar-refractivity contribution in [3.8, 4) is 0 Å².